The number of aliphatic hydroxyl groups is 1. The molecule has 1 saturated heterocycles. The van der Waals surface area contributed by atoms with Crippen LogP contribution in [0.25, 0.3) is 10.9 Å². The number of rotatable bonds is 8. The van der Waals surface area contributed by atoms with Crippen molar-refractivity contribution in [1.82, 2.24) is 19.7 Å². The van der Waals surface area contributed by atoms with Crippen LogP contribution in [0, 0.1) is 5.92 Å². The van der Waals surface area contributed by atoms with Gasteiger partial charge in [0.1, 0.15) is 29.8 Å². The molecule has 232 valence electrons. The van der Waals surface area contributed by atoms with E-state index in [-0.39, 0.29) is 30.1 Å². The van der Waals surface area contributed by atoms with Gasteiger partial charge in [0.25, 0.3) is 5.91 Å². The van der Waals surface area contributed by atoms with Crippen LogP contribution in [-0.2, 0) is 20.9 Å². The summed E-state index contributed by atoms with van der Waals surface area (Å²) in [6, 6.07) is 8.68. The number of hydrogen-bond acceptors (Lipinski definition) is 9. The van der Waals surface area contributed by atoms with Crippen molar-refractivity contribution in [3.8, 4) is 0 Å². The summed E-state index contributed by atoms with van der Waals surface area (Å²) in [5.74, 6) is -0.608. The fourth-order valence-corrected chi connectivity index (χ4v) is 5.37. The predicted octanol–water partition coefficient (Wildman–Crippen LogP) is 2.16. The standard InChI is InChI=1S/C20H24N6O5.C6H7ClN2.C3H8/c21-14(8-27)20(31)23-11-2-4-15-13(6-11)18(19(22)30)24-25(15)7-17(29)26-12-3-1-10(5-12)16(26)9-28;1-8-6-4-2-3-5(7)9-6;1-3-2/h2,4,6,9-10,12,14,16,27H,1,3,5,7-8,21H2,(H2,22,30)(H,23,31);2-4H,1H3,(H,8,9);3H2,1-2H3. The number of aldehydes is 1. The number of aliphatic hydroxyl groups excluding tert-OH is 1. The van der Waals surface area contributed by atoms with Crippen LogP contribution in [0.5, 0.6) is 0 Å². The monoisotopic (exact) mass is 614 g/mol. The van der Waals surface area contributed by atoms with Gasteiger partial charge < -0.3 is 36.9 Å². The van der Waals surface area contributed by atoms with Gasteiger partial charge in [0.2, 0.25) is 11.8 Å². The quantitative estimate of drug-likeness (QED) is 0.186. The molecule has 0 spiro atoms. The molecule has 13 nitrogen and oxygen atoms in total. The SMILES string of the molecule is CCC.CNc1cccc(Cl)n1.NC(=O)c1nn(CC(=O)N2C3CCC(C3)C2C=O)c2ccc(NC(=O)C(N)CO)cc12. The Morgan fingerprint density at radius 3 is 2.51 bits per heavy atom. The average molecular weight is 615 g/mol. The number of pyridine rings is 1. The van der Waals surface area contributed by atoms with Gasteiger partial charge in [-0.25, -0.2) is 4.98 Å². The molecule has 43 heavy (non-hydrogen) atoms. The van der Waals surface area contributed by atoms with Gasteiger partial charge in [-0.2, -0.15) is 5.10 Å². The highest BCUT2D eigenvalue weighted by molar-refractivity contribution is 6.29. The number of amides is 3. The lowest BCUT2D eigenvalue weighted by Crippen LogP contribution is -2.47. The first-order valence-corrected chi connectivity index (χ1v) is 14.5. The summed E-state index contributed by atoms with van der Waals surface area (Å²) >= 11 is 5.57. The van der Waals surface area contributed by atoms with Gasteiger partial charge in [-0.15, -0.1) is 0 Å². The van der Waals surface area contributed by atoms with E-state index in [2.05, 4.69) is 34.6 Å². The van der Waals surface area contributed by atoms with E-state index in [1.807, 2.05) is 12.1 Å². The smallest absolute Gasteiger partial charge is 0.269 e. The van der Waals surface area contributed by atoms with Gasteiger partial charge in [0, 0.05) is 24.2 Å². The van der Waals surface area contributed by atoms with Crippen molar-refractivity contribution in [2.45, 2.75) is 64.2 Å². The number of piperidine rings is 1. The number of aromatic nitrogens is 3. The molecule has 7 N–H and O–H groups in total. The normalized spacial score (nSPS) is 19.0. The Morgan fingerprint density at radius 1 is 1.21 bits per heavy atom. The van der Waals surface area contributed by atoms with E-state index in [0.29, 0.717) is 21.7 Å². The van der Waals surface area contributed by atoms with Crippen LogP contribution >= 0.6 is 11.6 Å². The third kappa shape index (κ3) is 8.06. The maximum Gasteiger partial charge on any atom is 0.269 e. The van der Waals surface area contributed by atoms with Crippen molar-refractivity contribution >= 4 is 58.0 Å². The number of fused-ring (bicyclic) bond motifs is 3. The third-order valence-electron chi connectivity index (χ3n) is 7.11. The van der Waals surface area contributed by atoms with E-state index in [9.17, 15) is 19.2 Å². The highest BCUT2D eigenvalue weighted by Gasteiger charge is 2.47. The van der Waals surface area contributed by atoms with E-state index in [1.54, 1.807) is 30.1 Å². The number of nitrogens with two attached hydrogens (primary N) is 2. The molecule has 2 bridgehead atoms. The molecule has 1 aromatic carbocycles. The van der Waals surface area contributed by atoms with Gasteiger partial charge in [-0.1, -0.05) is 37.9 Å². The van der Waals surface area contributed by atoms with Crippen LogP contribution < -0.4 is 22.1 Å². The van der Waals surface area contributed by atoms with Crippen LogP contribution in [-0.4, -0.2) is 80.6 Å². The van der Waals surface area contributed by atoms with Gasteiger partial charge in [-0.05, 0) is 55.5 Å². The molecular formula is C29H39ClN8O5. The highest BCUT2D eigenvalue weighted by atomic mass is 35.5. The number of primary amides is 1. The van der Waals surface area contributed by atoms with E-state index in [1.165, 1.54) is 17.2 Å². The molecule has 14 heteroatoms. The molecule has 1 aliphatic heterocycles. The van der Waals surface area contributed by atoms with Crippen LogP contribution in [0.1, 0.15) is 50.0 Å². The zero-order valence-electron chi connectivity index (χ0n) is 24.5. The molecule has 2 fully saturated rings. The summed E-state index contributed by atoms with van der Waals surface area (Å²) in [6.07, 6.45) is 4.75. The Morgan fingerprint density at radius 2 is 1.93 bits per heavy atom. The Hall–Kier alpha value is -4.07. The van der Waals surface area contributed by atoms with Gasteiger partial charge in [-0.3, -0.25) is 19.1 Å². The number of nitrogens with zero attached hydrogens (tertiary/aromatic N) is 4. The molecule has 3 amide bonds. The Balaban J connectivity index is 0.000000354. The number of carbonyl (C=O) groups is 4. The Labute approximate surface area is 254 Å². The van der Waals surface area contributed by atoms with Crippen molar-refractivity contribution in [2.75, 3.05) is 24.3 Å². The molecule has 4 unspecified atom stereocenters. The Bertz CT molecular complexity index is 1450. The molecule has 4 atom stereocenters. The van der Waals surface area contributed by atoms with Gasteiger partial charge in [0.05, 0.1) is 18.2 Å². The van der Waals surface area contributed by atoms with Crippen LogP contribution in [0.15, 0.2) is 36.4 Å². The summed E-state index contributed by atoms with van der Waals surface area (Å²) in [6.45, 7) is 3.60. The van der Waals surface area contributed by atoms with Crippen LogP contribution in [0.4, 0.5) is 11.5 Å². The third-order valence-corrected chi connectivity index (χ3v) is 7.32. The van der Waals surface area contributed by atoms with Crippen molar-refractivity contribution < 1.29 is 24.3 Å². The van der Waals surface area contributed by atoms with E-state index >= 15 is 0 Å². The van der Waals surface area contributed by atoms with E-state index in [0.717, 1.165) is 31.4 Å². The number of benzene rings is 1. The number of halogens is 1. The van der Waals surface area contributed by atoms with E-state index in [4.69, 9.17) is 28.2 Å². The lowest BCUT2D eigenvalue weighted by atomic mass is 10.00. The molecular weight excluding hydrogens is 576 g/mol. The predicted molar refractivity (Wildman–Crippen MR) is 165 cm³/mol. The molecule has 3 heterocycles. The lowest BCUT2D eigenvalue weighted by Gasteiger charge is -2.32. The first-order valence-electron chi connectivity index (χ1n) is 14.1. The largest absolute Gasteiger partial charge is 0.394 e. The first kappa shape index (κ1) is 33.4. The Kier molecular flexibility index (Phi) is 12.0. The van der Waals surface area contributed by atoms with Gasteiger partial charge in [0.15, 0.2) is 5.69 Å². The number of nitrogens with one attached hydrogen (secondary N) is 2. The van der Waals surface area contributed by atoms with Crippen molar-refractivity contribution in [3.63, 3.8) is 0 Å². The van der Waals surface area contributed by atoms with Crippen molar-refractivity contribution in [2.24, 2.45) is 17.4 Å². The van der Waals surface area contributed by atoms with Crippen molar-refractivity contribution in [3.05, 3.63) is 47.2 Å². The lowest BCUT2D eigenvalue weighted by molar-refractivity contribution is -0.139. The number of likely N-dealkylation sites (tertiary alicyclic amines) is 1. The second kappa shape index (κ2) is 15.4. The fourth-order valence-electron chi connectivity index (χ4n) is 5.21. The molecule has 1 saturated carbocycles. The second-order valence-electron chi connectivity index (χ2n) is 10.3. The molecule has 5 rings (SSSR count). The topological polar surface area (TPSA) is 199 Å². The van der Waals surface area contributed by atoms with Crippen LogP contribution in [0.3, 0.4) is 0 Å². The average Bonchev–Trinajstić information content (AvgIpc) is 3.71. The summed E-state index contributed by atoms with van der Waals surface area (Å²) in [4.78, 5) is 54.0. The molecule has 2 aliphatic rings. The first-order chi connectivity index (χ1) is 20.6. The minimum atomic E-state index is -1.09. The number of hydrogen-bond donors (Lipinski definition) is 5. The molecule has 2 aromatic heterocycles. The maximum absolute atomic E-state index is 13.0. The highest BCUT2D eigenvalue weighted by Crippen LogP contribution is 2.41. The maximum atomic E-state index is 13.0. The summed E-state index contributed by atoms with van der Waals surface area (Å²) < 4.78 is 1.39. The number of anilines is 2. The van der Waals surface area contributed by atoms with Crippen LogP contribution in [0.2, 0.25) is 5.15 Å². The summed E-state index contributed by atoms with van der Waals surface area (Å²) in [7, 11) is 1.80. The molecule has 1 aliphatic carbocycles. The van der Waals surface area contributed by atoms with Crippen molar-refractivity contribution in [1.29, 1.82) is 0 Å². The molecule has 0 radical (unpaired) electrons. The zero-order chi connectivity index (χ0) is 31.7. The molecule has 3 aromatic rings. The summed E-state index contributed by atoms with van der Waals surface area (Å²) in [5.41, 5.74) is 11.7. The van der Waals surface area contributed by atoms with E-state index < -0.39 is 30.5 Å². The minimum absolute atomic E-state index is 0.0414. The number of carbonyl (C=O) groups excluding carboxylic acids is 4. The summed E-state index contributed by atoms with van der Waals surface area (Å²) in [5, 5.41) is 19.5. The second-order valence-corrected chi connectivity index (χ2v) is 10.7. The van der Waals surface area contributed by atoms with Gasteiger partial charge >= 0.3 is 0 Å². The zero-order valence-corrected chi connectivity index (χ0v) is 25.3. The minimum Gasteiger partial charge on any atom is -0.394 e. The fraction of sp³-hybridized carbons (Fsp3) is 0.448.